The summed E-state index contributed by atoms with van der Waals surface area (Å²) in [6, 6.07) is 21.5. The van der Waals surface area contributed by atoms with Crippen LogP contribution in [0.4, 0.5) is 0 Å². The van der Waals surface area contributed by atoms with Gasteiger partial charge < -0.3 is 10.6 Å². The van der Waals surface area contributed by atoms with Crippen LogP contribution < -0.4 is 10.6 Å². The van der Waals surface area contributed by atoms with Gasteiger partial charge in [0.1, 0.15) is 0 Å². The molecule has 0 bridgehead atoms. The van der Waals surface area contributed by atoms with Crippen LogP contribution in [0.25, 0.3) is 0 Å². The number of benzene rings is 2. The summed E-state index contributed by atoms with van der Waals surface area (Å²) in [5.41, 5.74) is 2.86. The molecular weight excluding hydrogens is 280 g/mol. The van der Waals surface area contributed by atoms with Crippen molar-refractivity contribution in [2.75, 3.05) is 26.2 Å². The van der Waals surface area contributed by atoms with E-state index in [9.17, 15) is 0 Å². The van der Waals surface area contributed by atoms with Crippen molar-refractivity contribution in [2.45, 2.75) is 32.1 Å². The first kappa shape index (κ1) is 17.7. The minimum absolute atomic E-state index is 0.571. The van der Waals surface area contributed by atoms with Gasteiger partial charge in [-0.3, -0.25) is 0 Å². The van der Waals surface area contributed by atoms with E-state index in [0.29, 0.717) is 5.92 Å². The number of aryl methyl sites for hydroxylation is 1. The molecule has 2 nitrogen and oxygen atoms in total. The predicted octanol–water partition coefficient (Wildman–Crippen LogP) is 3.99. The van der Waals surface area contributed by atoms with Gasteiger partial charge in [-0.2, -0.15) is 0 Å². The van der Waals surface area contributed by atoms with E-state index in [2.05, 4.69) is 78.2 Å². The maximum atomic E-state index is 3.54. The molecule has 2 aromatic rings. The molecule has 0 heterocycles. The Balaban J connectivity index is 1.42. The SMILES string of the molecule is CC(CNCCNCCCCc1ccccc1)c1ccccc1. The summed E-state index contributed by atoms with van der Waals surface area (Å²) >= 11 is 0. The molecule has 0 aliphatic heterocycles. The summed E-state index contributed by atoms with van der Waals surface area (Å²) < 4.78 is 0. The average Bonchev–Trinajstić information content (AvgIpc) is 2.61. The highest BCUT2D eigenvalue weighted by Crippen LogP contribution is 2.12. The summed E-state index contributed by atoms with van der Waals surface area (Å²) in [5, 5.41) is 7.06. The maximum Gasteiger partial charge on any atom is 0.00769 e. The van der Waals surface area contributed by atoms with Gasteiger partial charge in [0.05, 0.1) is 0 Å². The Morgan fingerprint density at radius 2 is 1.39 bits per heavy atom. The van der Waals surface area contributed by atoms with Crippen LogP contribution in [0.15, 0.2) is 60.7 Å². The zero-order valence-corrected chi connectivity index (χ0v) is 14.3. The van der Waals surface area contributed by atoms with Crippen LogP contribution in [0.5, 0.6) is 0 Å². The lowest BCUT2D eigenvalue weighted by molar-refractivity contribution is 0.564. The fourth-order valence-corrected chi connectivity index (χ4v) is 2.74. The topological polar surface area (TPSA) is 24.1 Å². The molecular formula is C21H30N2. The Bertz CT molecular complexity index is 510. The number of unbranched alkanes of at least 4 members (excludes halogenated alkanes) is 1. The highest BCUT2D eigenvalue weighted by atomic mass is 14.9. The fraction of sp³-hybridized carbons (Fsp3) is 0.429. The van der Waals surface area contributed by atoms with Crippen LogP contribution in [0.2, 0.25) is 0 Å². The van der Waals surface area contributed by atoms with Crippen molar-refractivity contribution in [3.63, 3.8) is 0 Å². The molecule has 0 aliphatic carbocycles. The van der Waals surface area contributed by atoms with Crippen molar-refractivity contribution in [3.05, 3.63) is 71.8 Å². The normalized spacial score (nSPS) is 12.2. The Kier molecular flexibility index (Phi) is 8.46. The summed E-state index contributed by atoms with van der Waals surface area (Å²) in [5.74, 6) is 0.571. The number of hydrogen-bond acceptors (Lipinski definition) is 2. The van der Waals surface area contributed by atoms with Crippen molar-refractivity contribution in [3.8, 4) is 0 Å². The Morgan fingerprint density at radius 1 is 0.739 bits per heavy atom. The minimum atomic E-state index is 0.571. The molecule has 0 aromatic heterocycles. The Labute approximate surface area is 141 Å². The molecule has 1 atom stereocenters. The van der Waals surface area contributed by atoms with Crippen molar-refractivity contribution in [2.24, 2.45) is 0 Å². The van der Waals surface area contributed by atoms with Gasteiger partial charge in [0.15, 0.2) is 0 Å². The summed E-state index contributed by atoms with van der Waals surface area (Å²) in [7, 11) is 0. The second-order valence-corrected chi connectivity index (χ2v) is 6.21. The van der Waals surface area contributed by atoms with Gasteiger partial charge in [-0.15, -0.1) is 0 Å². The second kappa shape index (κ2) is 11.0. The van der Waals surface area contributed by atoms with Gasteiger partial charge in [-0.25, -0.2) is 0 Å². The lowest BCUT2D eigenvalue weighted by atomic mass is 10.0. The van der Waals surface area contributed by atoms with Crippen molar-refractivity contribution < 1.29 is 0 Å². The molecule has 0 fully saturated rings. The molecule has 2 N–H and O–H groups in total. The minimum Gasteiger partial charge on any atom is -0.315 e. The van der Waals surface area contributed by atoms with E-state index in [0.717, 1.165) is 26.2 Å². The zero-order valence-electron chi connectivity index (χ0n) is 14.3. The number of rotatable bonds is 11. The second-order valence-electron chi connectivity index (χ2n) is 6.21. The number of hydrogen-bond donors (Lipinski definition) is 2. The van der Waals surface area contributed by atoms with Gasteiger partial charge in [-0.1, -0.05) is 67.6 Å². The predicted molar refractivity (Wildman–Crippen MR) is 100.0 cm³/mol. The van der Waals surface area contributed by atoms with Gasteiger partial charge in [0, 0.05) is 19.6 Å². The molecule has 0 saturated heterocycles. The van der Waals surface area contributed by atoms with E-state index in [-0.39, 0.29) is 0 Å². The quantitative estimate of drug-likeness (QED) is 0.613. The van der Waals surface area contributed by atoms with E-state index in [1.165, 1.54) is 30.4 Å². The first-order valence-corrected chi connectivity index (χ1v) is 8.86. The standard InChI is InChI=1S/C21H30N2/c1-19(21-13-6-3-7-14-21)18-23-17-16-22-15-9-8-12-20-10-4-2-5-11-20/h2-7,10-11,13-14,19,22-23H,8-9,12,15-18H2,1H3. The van der Waals surface area contributed by atoms with E-state index < -0.39 is 0 Å². The van der Waals surface area contributed by atoms with Gasteiger partial charge in [0.2, 0.25) is 0 Å². The highest BCUT2D eigenvalue weighted by molar-refractivity contribution is 5.19. The van der Waals surface area contributed by atoms with E-state index in [1.807, 2.05) is 0 Å². The van der Waals surface area contributed by atoms with Gasteiger partial charge in [0.25, 0.3) is 0 Å². The van der Waals surface area contributed by atoms with Crippen LogP contribution >= 0.6 is 0 Å². The van der Waals surface area contributed by atoms with Gasteiger partial charge >= 0.3 is 0 Å². The van der Waals surface area contributed by atoms with Gasteiger partial charge in [-0.05, 0) is 42.9 Å². The lowest BCUT2D eigenvalue weighted by Crippen LogP contribution is -2.30. The first-order valence-electron chi connectivity index (χ1n) is 8.86. The molecule has 0 amide bonds. The molecule has 23 heavy (non-hydrogen) atoms. The largest absolute Gasteiger partial charge is 0.315 e. The molecule has 0 saturated carbocycles. The highest BCUT2D eigenvalue weighted by Gasteiger charge is 2.03. The zero-order chi connectivity index (χ0) is 16.2. The van der Waals surface area contributed by atoms with Crippen LogP contribution in [0.1, 0.15) is 36.8 Å². The molecule has 0 spiro atoms. The van der Waals surface area contributed by atoms with E-state index in [4.69, 9.17) is 0 Å². The van der Waals surface area contributed by atoms with E-state index in [1.54, 1.807) is 0 Å². The third kappa shape index (κ3) is 7.45. The summed E-state index contributed by atoms with van der Waals surface area (Å²) in [6.45, 7) is 6.52. The van der Waals surface area contributed by atoms with Crippen molar-refractivity contribution in [1.82, 2.24) is 10.6 Å². The van der Waals surface area contributed by atoms with Crippen LogP contribution in [0, 0.1) is 0 Å². The van der Waals surface area contributed by atoms with Crippen molar-refractivity contribution in [1.29, 1.82) is 0 Å². The Hall–Kier alpha value is -1.64. The van der Waals surface area contributed by atoms with Crippen LogP contribution in [0.3, 0.4) is 0 Å². The first-order chi connectivity index (χ1) is 11.4. The third-order valence-corrected chi connectivity index (χ3v) is 4.21. The molecule has 124 valence electrons. The van der Waals surface area contributed by atoms with E-state index >= 15 is 0 Å². The van der Waals surface area contributed by atoms with Crippen molar-refractivity contribution >= 4 is 0 Å². The van der Waals surface area contributed by atoms with Crippen LogP contribution in [-0.2, 0) is 6.42 Å². The molecule has 0 aliphatic rings. The molecule has 1 unspecified atom stereocenters. The lowest BCUT2D eigenvalue weighted by Gasteiger charge is -2.13. The molecule has 2 aromatic carbocycles. The number of nitrogens with one attached hydrogen (secondary N) is 2. The summed E-state index contributed by atoms with van der Waals surface area (Å²) in [6.07, 6.45) is 3.69. The smallest absolute Gasteiger partial charge is 0.00769 e. The molecule has 2 rings (SSSR count). The monoisotopic (exact) mass is 310 g/mol. The maximum absolute atomic E-state index is 3.54. The Morgan fingerprint density at radius 3 is 2.13 bits per heavy atom. The fourth-order valence-electron chi connectivity index (χ4n) is 2.74. The third-order valence-electron chi connectivity index (χ3n) is 4.21. The van der Waals surface area contributed by atoms with Crippen LogP contribution in [-0.4, -0.2) is 26.2 Å². The molecule has 2 heteroatoms. The summed E-state index contributed by atoms with van der Waals surface area (Å²) in [4.78, 5) is 0. The average molecular weight is 310 g/mol. The molecule has 0 radical (unpaired) electrons.